The number of aliphatic hydroxyl groups excluding tert-OH is 1. The van der Waals surface area contributed by atoms with Crippen molar-refractivity contribution in [3.63, 3.8) is 0 Å². The number of hydrogen-bond acceptors (Lipinski definition) is 3. The van der Waals surface area contributed by atoms with Gasteiger partial charge in [0.2, 0.25) is 0 Å². The van der Waals surface area contributed by atoms with Gasteiger partial charge < -0.3 is 14.9 Å². The maximum Gasteiger partial charge on any atom is 0.0681 e. The molecular weight excluding hydrogens is 284 g/mol. The molecule has 1 N–H and O–H groups in total. The molecule has 0 amide bonds. The van der Waals surface area contributed by atoms with Crippen LogP contribution in [0.1, 0.15) is 24.0 Å². The molecule has 2 rings (SSSR count). The second-order valence-electron chi connectivity index (χ2n) is 6.21. The molecule has 0 unspecified atom stereocenters. The fourth-order valence-electron chi connectivity index (χ4n) is 2.61. The molecule has 0 aliphatic heterocycles. The van der Waals surface area contributed by atoms with Gasteiger partial charge >= 0.3 is 0 Å². The first kappa shape index (κ1) is 17.4. The maximum atomic E-state index is 9.08. The summed E-state index contributed by atoms with van der Waals surface area (Å²) in [5, 5.41) is 9.08. The predicted octanol–water partition coefficient (Wildman–Crippen LogP) is 3.84. The molecule has 23 heavy (non-hydrogen) atoms. The van der Waals surface area contributed by atoms with Gasteiger partial charge in [0.05, 0.1) is 6.61 Å². The van der Waals surface area contributed by atoms with E-state index in [1.165, 1.54) is 23.4 Å². The lowest BCUT2D eigenvalue weighted by Gasteiger charge is -2.22. The van der Waals surface area contributed by atoms with Crippen molar-refractivity contribution in [1.29, 1.82) is 0 Å². The normalized spacial score (nSPS) is 10.6. The molecular formula is C20H28N2O. The lowest BCUT2D eigenvalue weighted by Crippen LogP contribution is -2.22. The van der Waals surface area contributed by atoms with Crippen molar-refractivity contribution in [3.8, 4) is 0 Å². The summed E-state index contributed by atoms with van der Waals surface area (Å²) in [4.78, 5) is 4.59. The third kappa shape index (κ3) is 5.29. The Morgan fingerprint density at radius 3 is 1.61 bits per heavy atom. The van der Waals surface area contributed by atoms with Crippen LogP contribution in [0.4, 0.5) is 11.4 Å². The van der Waals surface area contributed by atoms with Crippen LogP contribution in [-0.4, -0.2) is 32.3 Å². The largest absolute Gasteiger partial charge is 0.392 e. The number of nitrogens with zero attached hydrogens (tertiary/aromatic N) is 2. The molecule has 0 atom stereocenters. The summed E-state index contributed by atoms with van der Waals surface area (Å²) in [6, 6.07) is 16.8. The molecule has 2 aromatic rings. The molecule has 0 saturated carbocycles. The van der Waals surface area contributed by atoms with Crippen LogP contribution in [0, 0.1) is 6.92 Å². The minimum absolute atomic E-state index is 0.106. The summed E-state index contributed by atoms with van der Waals surface area (Å²) in [5.41, 5.74) is 4.75. The van der Waals surface area contributed by atoms with Gasteiger partial charge in [0.15, 0.2) is 0 Å². The van der Waals surface area contributed by atoms with E-state index < -0.39 is 0 Å². The highest BCUT2D eigenvalue weighted by Gasteiger charge is 2.03. The zero-order chi connectivity index (χ0) is 16.7. The molecule has 0 bridgehead atoms. The van der Waals surface area contributed by atoms with Crippen LogP contribution in [0.15, 0.2) is 48.5 Å². The van der Waals surface area contributed by atoms with Crippen molar-refractivity contribution in [2.45, 2.75) is 26.4 Å². The fourth-order valence-corrected chi connectivity index (χ4v) is 2.61. The highest BCUT2D eigenvalue weighted by atomic mass is 16.3. The molecule has 0 aromatic heterocycles. The van der Waals surface area contributed by atoms with Gasteiger partial charge in [-0.25, -0.2) is 0 Å². The smallest absolute Gasteiger partial charge is 0.0681 e. The number of aliphatic hydroxyl groups is 1. The zero-order valence-electron chi connectivity index (χ0n) is 14.5. The molecule has 0 heterocycles. The Labute approximate surface area is 140 Å². The number of benzene rings is 2. The van der Waals surface area contributed by atoms with Gasteiger partial charge in [-0.1, -0.05) is 29.8 Å². The Kier molecular flexibility index (Phi) is 6.48. The molecule has 0 radical (unpaired) electrons. The Hall–Kier alpha value is -2.00. The van der Waals surface area contributed by atoms with E-state index in [9.17, 15) is 0 Å². The number of rotatable bonds is 8. The quantitative estimate of drug-likeness (QED) is 0.750. The average Bonchev–Trinajstić information content (AvgIpc) is 2.59. The van der Waals surface area contributed by atoms with E-state index in [4.69, 9.17) is 5.11 Å². The Morgan fingerprint density at radius 1 is 0.739 bits per heavy atom. The molecule has 0 aliphatic carbocycles. The summed E-state index contributed by atoms with van der Waals surface area (Å²) in [5.74, 6) is 0. The highest BCUT2D eigenvalue weighted by Crippen LogP contribution is 2.16. The van der Waals surface area contributed by atoms with Gasteiger partial charge in [-0.3, -0.25) is 0 Å². The lowest BCUT2D eigenvalue weighted by atomic mass is 10.2. The van der Waals surface area contributed by atoms with Crippen LogP contribution in [-0.2, 0) is 6.61 Å². The molecule has 0 spiro atoms. The van der Waals surface area contributed by atoms with Crippen LogP contribution in [0.25, 0.3) is 0 Å². The monoisotopic (exact) mass is 312 g/mol. The van der Waals surface area contributed by atoms with Crippen LogP contribution in [0.2, 0.25) is 0 Å². The standard InChI is InChI=1S/C20H28N2O/c1-17-6-10-19(11-7-17)21(2)14-4-5-15-22(3)20-12-8-18(16-23)9-13-20/h6-13,23H,4-5,14-16H2,1-3H3. The molecule has 0 fully saturated rings. The minimum atomic E-state index is 0.106. The topological polar surface area (TPSA) is 26.7 Å². The predicted molar refractivity (Wildman–Crippen MR) is 99.3 cm³/mol. The van der Waals surface area contributed by atoms with E-state index in [0.29, 0.717) is 0 Å². The van der Waals surface area contributed by atoms with Crippen LogP contribution >= 0.6 is 0 Å². The number of unbranched alkanes of at least 4 members (excludes halogenated alkanes) is 1. The molecule has 124 valence electrons. The molecule has 2 aromatic carbocycles. The first-order chi connectivity index (χ1) is 11.1. The third-order valence-electron chi connectivity index (χ3n) is 4.27. The lowest BCUT2D eigenvalue weighted by molar-refractivity contribution is 0.282. The summed E-state index contributed by atoms with van der Waals surface area (Å²) in [6.45, 7) is 4.34. The molecule has 0 saturated heterocycles. The van der Waals surface area contributed by atoms with E-state index >= 15 is 0 Å². The molecule has 0 aliphatic rings. The van der Waals surface area contributed by atoms with Gasteiger partial charge in [0.1, 0.15) is 0 Å². The van der Waals surface area contributed by atoms with Gasteiger partial charge in [-0.2, -0.15) is 0 Å². The van der Waals surface area contributed by atoms with Crippen LogP contribution in [0.5, 0.6) is 0 Å². The SMILES string of the molecule is Cc1ccc(N(C)CCCCN(C)c2ccc(CO)cc2)cc1. The first-order valence-electron chi connectivity index (χ1n) is 8.29. The van der Waals surface area contributed by atoms with Gasteiger partial charge in [-0.05, 0) is 49.6 Å². The van der Waals surface area contributed by atoms with Gasteiger partial charge in [0.25, 0.3) is 0 Å². The van der Waals surface area contributed by atoms with Gasteiger partial charge in [-0.15, -0.1) is 0 Å². The highest BCUT2D eigenvalue weighted by molar-refractivity contribution is 5.47. The minimum Gasteiger partial charge on any atom is -0.392 e. The van der Waals surface area contributed by atoms with Crippen LogP contribution < -0.4 is 9.80 Å². The number of anilines is 2. The summed E-state index contributed by atoms with van der Waals surface area (Å²) in [7, 11) is 4.28. The Balaban J connectivity index is 1.72. The van der Waals surface area contributed by atoms with E-state index in [1.54, 1.807) is 0 Å². The van der Waals surface area contributed by atoms with Gasteiger partial charge in [0, 0.05) is 38.6 Å². The Bertz CT molecular complexity index is 578. The summed E-state index contributed by atoms with van der Waals surface area (Å²) < 4.78 is 0. The number of hydrogen-bond donors (Lipinski definition) is 1. The molecule has 3 nitrogen and oxygen atoms in total. The van der Waals surface area contributed by atoms with Crippen molar-refractivity contribution < 1.29 is 5.11 Å². The zero-order valence-corrected chi connectivity index (χ0v) is 14.5. The Morgan fingerprint density at radius 2 is 1.17 bits per heavy atom. The molecule has 3 heteroatoms. The summed E-state index contributed by atoms with van der Waals surface area (Å²) in [6.07, 6.45) is 2.33. The van der Waals surface area contributed by atoms with Crippen molar-refractivity contribution in [2.75, 3.05) is 37.0 Å². The van der Waals surface area contributed by atoms with Crippen molar-refractivity contribution in [2.24, 2.45) is 0 Å². The summed E-state index contributed by atoms with van der Waals surface area (Å²) >= 11 is 0. The third-order valence-corrected chi connectivity index (χ3v) is 4.27. The van der Waals surface area contributed by atoms with Crippen molar-refractivity contribution >= 4 is 11.4 Å². The second kappa shape index (κ2) is 8.59. The van der Waals surface area contributed by atoms with Crippen molar-refractivity contribution in [3.05, 3.63) is 59.7 Å². The first-order valence-corrected chi connectivity index (χ1v) is 8.29. The average molecular weight is 312 g/mol. The second-order valence-corrected chi connectivity index (χ2v) is 6.21. The van der Waals surface area contributed by atoms with E-state index in [2.05, 4.69) is 67.2 Å². The maximum absolute atomic E-state index is 9.08. The van der Waals surface area contributed by atoms with Crippen LogP contribution in [0.3, 0.4) is 0 Å². The van der Waals surface area contributed by atoms with Crippen molar-refractivity contribution in [1.82, 2.24) is 0 Å². The van der Waals surface area contributed by atoms with E-state index in [-0.39, 0.29) is 6.61 Å². The fraction of sp³-hybridized carbons (Fsp3) is 0.400. The van der Waals surface area contributed by atoms with E-state index in [1.807, 2.05) is 12.1 Å². The van der Waals surface area contributed by atoms with E-state index in [0.717, 1.165) is 25.1 Å². The number of aryl methyl sites for hydroxylation is 1.